The van der Waals surface area contributed by atoms with E-state index in [4.69, 9.17) is 0 Å². The number of rotatable bonds is 3. The second kappa shape index (κ2) is 6.07. The Bertz CT molecular complexity index is 1200. The molecule has 1 unspecified atom stereocenters. The summed E-state index contributed by atoms with van der Waals surface area (Å²) in [7, 11) is 0. The van der Waals surface area contributed by atoms with Crippen LogP contribution in [0.1, 0.15) is 29.1 Å². The van der Waals surface area contributed by atoms with Gasteiger partial charge in [-0.05, 0) is 31.2 Å². The van der Waals surface area contributed by atoms with E-state index in [0.717, 1.165) is 0 Å². The van der Waals surface area contributed by atoms with Crippen molar-refractivity contribution in [3.8, 4) is 0 Å². The number of hydrogen-bond acceptors (Lipinski definition) is 4. The zero-order valence-electron chi connectivity index (χ0n) is 13.7. The zero-order chi connectivity index (χ0) is 18.3. The normalized spacial score (nSPS) is 12.4. The smallest absolute Gasteiger partial charge is 0.257 e. The Morgan fingerprint density at radius 2 is 2.08 bits per heavy atom. The second-order valence-corrected chi connectivity index (χ2v) is 5.88. The number of nitrogens with zero attached hydrogens (tertiary/aromatic N) is 3. The molecule has 1 atom stereocenters. The van der Waals surface area contributed by atoms with Crippen LogP contribution in [-0.4, -0.2) is 25.5 Å². The van der Waals surface area contributed by atoms with Gasteiger partial charge in [0.2, 0.25) is 5.43 Å². The third-order valence-electron chi connectivity index (χ3n) is 4.18. The van der Waals surface area contributed by atoms with Gasteiger partial charge in [-0.1, -0.05) is 12.1 Å². The summed E-state index contributed by atoms with van der Waals surface area (Å²) in [4.78, 5) is 27.8. The summed E-state index contributed by atoms with van der Waals surface area (Å²) in [5.74, 6) is -0.579. The van der Waals surface area contributed by atoms with E-state index in [1.54, 1.807) is 23.6 Å². The van der Waals surface area contributed by atoms with Crippen LogP contribution < -0.4 is 10.7 Å². The van der Waals surface area contributed by atoms with Crippen molar-refractivity contribution in [1.82, 2.24) is 24.9 Å². The molecule has 0 fully saturated rings. The zero-order valence-corrected chi connectivity index (χ0v) is 13.7. The largest absolute Gasteiger partial charge is 0.358 e. The van der Waals surface area contributed by atoms with Crippen molar-refractivity contribution in [2.24, 2.45) is 0 Å². The number of para-hydroxylation sites is 1. The van der Waals surface area contributed by atoms with Gasteiger partial charge in [0.05, 0.1) is 11.6 Å². The van der Waals surface area contributed by atoms with Gasteiger partial charge in [-0.3, -0.25) is 14.0 Å². The number of aromatic nitrogens is 4. The summed E-state index contributed by atoms with van der Waals surface area (Å²) in [5.41, 5.74) is 0.103. The Morgan fingerprint density at radius 1 is 1.23 bits per heavy atom. The van der Waals surface area contributed by atoms with Crippen molar-refractivity contribution in [3.05, 3.63) is 76.2 Å². The predicted octanol–water partition coefficient (Wildman–Crippen LogP) is 2.20. The molecule has 0 spiro atoms. The highest BCUT2D eigenvalue weighted by Gasteiger charge is 2.19. The van der Waals surface area contributed by atoms with Gasteiger partial charge < -0.3 is 10.3 Å². The molecule has 0 saturated heterocycles. The van der Waals surface area contributed by atoms with Crippen LogP contribution in [0, 0.1) is 5.82 Å². The third kappa shape index (κ3) is 2.52. The Kier molecular flexibility index (Phi) is 3.72. The molecule has 0 saturated carbocycles. The van der Waals surface area contributed by atoms with E-state index >= 15 is 0 Å². The lowest BCUT2D eigenvalue weighted by Gasteiger charge is -2.12. The fourth-order valence-electron chi connectivity index (χ4n) is 2.88. The summed E-state index contributed by atoms with van der Waals surface area (Å²) >= 11 is 0. The van der Waals surface area contributed by atoms with Crippen LogP contribution >= 0.6 is 0 Å². The average molecular weight is 351 g/mol. The minimum atomic E-state index is -0.572. The molecule has 8 heteroatoms. The molecule has 1 aromatic carbocycles. The van der Waals surface area contributed by atoms with E-state index in [1.165, 1.54) is 24.4 Å². The first-order valence-electron chi connectivity index (χ1n) is 7.96. The maximum Gasteiger partial charge on any atom is 0.257 e. The fourth-order valence-corrected chi connectivity index (χ4v) is 2.88. The fraction of sp³-hybridized carbons (Fsp3) is 0.111. The Morgan fingerprint density at radius 3 is 2.92 bits per heavy atom. The standard InChI is InChI=1S/C18H14FN5O2/c1-10(17-23-22-14-7-2-3-8-24(14)17)21-18(26)12-9-20-15-11(16(12)25)5-4-6-13(15)19/h2-10H,1H3,(H,20,25)(H,21,26). The van der Waals surface area contributed by atoms with Crippen molar-refractivity contribution >= 4 is 22.5 Å². The molecule has 4 aromatic rings. The number of fused-ring (bicyclic) bond motifs is 2. The van der Waals surface area contributed by atoms with Gasteiger partial charge in [0.1, 0.15) is 11.4 Å². The molecule has 1 amide bonds. The topological polar surface area (TPSA) is 92.1 Å². The van der Waals surface area contributed by atoms with Crippen LogP contribution in [0.15, 0.2) is 53.6 Å². The molecule has 0 aliphatic rings. The van der Waals surface area contributed by atoms with E-state index < -0.39 is 23.2 Å². The van der Waals surface area contributed by atoms with Crippen molar-refractivity contribution in [3.63, 3.8) is 0 Å². The van der Waals surface area contributed by atoms with E-state index in [0.29, 0.717) is 11.5 Å². The molecule has 0 aliphatic heterocycles. The number of nitrogens with one attached hydrogen (secondary N) is 2. The number of carbonyl (C=O) groups excluding carboxylic acids is 1. The first-order valence-corrected chi connectivity index (χ1v) is 7.96. The number of hydrogen-bond donors (Lipinski definition) is 2. The van der Waals surface area contributed by atoms with Crippen LogP contribution in [0.5, 0.6) is 0 Å². The summed E-state index contributed by atoms with van der Waals surface area (Å²) in [5, 5.41) is 11.0. The monoisotopic (exact) mass is 351 g/mol. The molecule has 0 bridgehead atoms. The number of halogens is 1. The number of pyridine rings is 2. The maximum absolute atomic E-state index is 13.8. The van der Waals surface area contributed by atoms with E-state index in [9.17, 15) is 14.0 Å². The molecule has 4 rings (SSSR count). The Hall–Kier alpha value is -3.55. The van der Waals surface area contributed by atoms with Crippen molar-refractivity contribution < 1.29 is 9.18 Å². The van der Waals surface area contributed by atoms with Crippen molar-refractivity contribution in [2.75, 3.05) is 0 Å². The van der Waals surface area contributed by atoms with Gasteiger partial charge in [-0.15, -0.1) is 10.2 Å². The highest BCUT2D eigenvalue weighted by atomic mass is 19.1. The minimum absolute atomic E-state index is 0.0746. The predicted molar refractivity (Wildman–Crippen MR) is 93.4 cm³/mol. The molecule has 26 heavy (non-hydrogen) atoms. The van der Waals surface area contributed by atoms with Gasteiger partial charge in [0, 0.05) is 17.8 Å². The first kappa shape index (κ1) is 15.9. The quantitative estimate of drug-likeness (QED) is 0.592. The maximum atomic E-state index is 13.8. The minimum Gasteiger partial charge on any atom is -0.358 e. The van der Waals surface area contributed by atoms with Crippen LogP contribution in [0.25, 0.3) is 16.6 Å². The number of aromatic amines is 1. The molecule has 3 aromatic heterocycles. The van der Waals surface area contributed by atoms with Crippen LogP contribution in [0.3, 0.4) is 0 Å². The van der Waals surface area contributed by atoms with E-state index in [1.807, 2.05) is 12.1 Å². The van der Waals surface area contributed by atoms with Gasteiger partial charge in [-0.2, -0.15) is 0 Å². The molecule has 7 nitrogen and oxygen atoms in total. The second-order valence-electron chi connectivity index (χ2n) is 5.88. The van der Waals surface area contributed by atoms with Gasteiger partial charge >= 0.3 is 0 Å². The Labute approximate surface area is 146 Å². The molecular weight excluding hydrogens is 337 g/mol. The molecule has 3 heterocycles. The lowest BCUT2D eigenvalue weighted by Crippen LogP contribution is -2.32. The lowest BCUT2D eigenvalue weighted by atomic mass is 10.1. The van der Waals surface area contributed by atoms with Gasteiger partial charge in [0.25, 0.3) is 5.91 Å². The number of H-pyrrole nitrogens is 1. The summed E-state index contributed by atoms with van der Waals surface area (Å²) in [6.07, 6.45) is 3.01. The van der Waals surface area contributed by atoms with E-state index in [2.05, 4.69) is 20.5 Å². The number of benzene rings is 1. The lowest BCUT2D eigenvalue weighted by molar-refractivity contribution is 0.0937. The molecule has 130 valence electrons. The molecular formula is C18H14FN5O2. The SMILES string of the molecule is CC(NC(=O)c1c[nH]c2c(F)cccc2c1=O)c1nnc2ccccn12. The number of amides is 1. The molecule has 2 N–H and O–H groups in total. The molecule has 0 aliphatic carbocycles. The van der Waals surface area contributed by atoms with E-state index in [-0.39, 0.29) is 16.5 Å². The molecule has 0 radical (unpaired) electrons. The van der Waals surface area contributed by atoms with Crippen molar-refractivity contribution in [1.29, 1.82) is 0 Å². The summed E-state index contributed by atoms with van der Waals surface area (Å²) < 4.78 is 15.5. The van der Waals surface area contributed by atoms with Crippen LogP contribution in [0.4, 0.5) is 4.39 Å². The van der Waals surface area contributed by atoms with Crippen molar-refractivity contribution in [2.45, 2.75) is 13.0 Å². The first-order chi connectivity index (χ1) is 12.6. The summed E-state index contributed by atoms with van der Waals surface area (Å²) in [6, 6.07) is 9.14. The van der Waals surface area contributed by atoms with Gasteiger partial charge in [-0.25, -0.2) is 4.39 Å². The Balaban J connectivity index is 1.67. The van der Waals surface area contributed by atoms with Crippen LogP contribution in [0.2, 0.25) is 0 Å². The average Bonchev–Trinajstić information content (AvgIpc) is 3.07. The third-order valence-corrected chi connectivity index (χ3v) is 4.18. The van der Waals surface area contributed by atoms with Gasteiger partial charge in [0.15, 0.2) is 11.5 Å². The summed E-state index contributed by atoms with van der Waals surface area (Å²) in [6.45, 7) is 1.75. The number of carbonyl (C=O) groups is 1. The highest BCUT2D eigenvalue weighted by Crippen LogP contribution is 2.14. The highest BCUT2D eigenvalue weighted by molar-refractivity contribution is 5.97. The van der Waals surface area contributed by atoms with Crippen LogP contribution in [-0.2, 0) is 0 Å².